The highest BCUT2D eigenvalue weighted by Gasteiger charge is 2.25. The quantitative estimate of drug-likeness (QED) is 0.766. The Labute approximate surface area is 118 Å². The standard InChI is InChI=1S/C17H29NO/c1-6-8-14-9-11-15(12-10-14)16(18-5)17(13(3)4)19-7-2/h9-13,16-18H,6-8H2,1-5H3. The van der Waals surface area contributed by atoms with Crippen LogP contribution in [0.4, 0.5) is 0 Å². The number of nitrogens with one attached hydrogen (secondary N) is 1. The molecule has 0 aromatic heterocycles. The van der Waals surface area contributed by atoms with E-state index in [1.165, 1.54) is 17.5 Å². The van der Waals surface area contributed by atoms with Crippen LogP contribution < -0.4 is 5.32 Å². The van der Waals surface area contributed by atoms with Crippen molar-refractivity contribution in [1.29, 1.82) is 0 Å². The Balaban J connectivity index is 2.88. The van der Waals surface area contributed by atoms with Crippen molar-refractivity contribution < 1.29 is 4.74 Å². The molecule has 0 spiro atoms. The van der Waals surface area contributed by atoms with E-state index in [-0.39, 0.29) is 12.1 Å². The summed E-state index contributed by atoms with van der Waals surface area (Å²) >= 11 is 0. The lowest BCUT2D eigenvalue weighted by Gasteiger charge is -2.30. The second-order valence-corrected chi connectivity index (χ2v) is 5.42. The Hall–Kier alpha value is -0.860. The molecule has 0 bridgehead atoms. The number of rotatable bonds is 8. The minimum Gasteiger partial charge on any atom is -0.376 e. The van der Waals surface area contributed by atoms with Gasteiger partial charge in [-0.05, 0) is 37.4 Å². The molecule has 0 fully saturated rings. The summed E-state index contributed by atoms with van der Waals surface area (Å²) in [6.07, 6.45) is 2.57. The van der Waals surface area contributed by atoms with E-state index in [2.05, 4.69) is 57.3 Å². The SMILES string of the molecule is CCCc1ccc(C(NC)C(OCC)C(C)C)cc1. The molecule has 0 amide bonds. The van der Waals surface area contributed by atoms with Crippen LogP contribution in [-0.4, -0.2) is 19.8 Å². The van der Waals surface area contributed by atoms with Crippen LogP contribution in [0.1, 0.15) is 51.3 Å². The maximum atomic E-state index is 5.93. The highest BCUT2D eigenvalue weighted by atomic mass is 16.5. The van der Waals surface area contributed by atoms with Gasteiger partial charge in [0.25, 0.3) is 0 Å². The number of likely N-dealkylation sites (N-methyl/N-ethyl adjacent to an activating group) is 1. The zero-order valence-corrected chi connectivity index (χ0v) is 13.1. The first-order valence-corrected chi connectivity index (χ1v) is 7.51. The lowest BCUT2D eigenvalue weighted by molar-refractivity contribution is 0.00460. The van der Waals surface area contributed by atoms with Crippen LogP contribution in [0.25, 0.3) is 0 Å². The summed E-state index contributed by atoms with van der Waals surface area (Å²) in [5.41, 5.74) is 2.73. The molecule has 2 unspecified atom stereocenters. The van der Waals surface area contributed by atoms with Crippen LogP contribution in [0.15, 0.2) is 24.3 Å². The van der Waals surface area contributed by atoms with Gasteiger partial charge in [-0.25, -0.2) is 0 Å². The van der Waals surface area contributed by atoms with Crippen LogP contribution in [-0.2, 0) is 11.2 Å². The summed E-state index contributed by atoms with van der Waals surface area (Å²) in [5.74, 6) is 0.493. The van der Waals surface area contributed by atoms with E-state index in [0.29, 0.717) is 5.92 Å². The zero-order valence-electron chi connectivity index (χ0n) is 13.1. The number of hydrogen-bond acceptors (Lipinski definition) is 2. The third-order valence-corrected chi connectivity index (χ3v) is 3.53. The van der Waals surface area contributed by atoms with E-state index < -0.39 is 0 Å². The van der Waals surface area contributed by atoms with E-state index in [1.54, 1.807) is 0 Å². The Morgan fingerprint density at radius 1 is 1.11 bits per heavy atom. The fraction of sp³-hybridized carbons (Fsp3) is 0.647. The van der Waals surface area contributed by atoms with Crippen LogP contribution in [0.2, 0.25) is 0 Å². The van der Waals surface area contributed by atoms with Crippen LogP contribution in [0.5, 0.6) is 0 Å². The summed E-state index contributed by atoms with van der Waals surface area (Å²) in [5, 5.41) is 3.41. The van der Waals surface area contributed by atoms with E-state index in [1.807, 2.05) is 7.05 Å². The molecule has 0 saturated heterocycles. The van der Waals surface area contributed by atoms with Crippen molar-refractivity contribution in [3.05, 3.63) is 35.4 Å². The molecule has 2 nitrogen and oxygen atoms in total. The highest BCUT2D eigenvalue weighted by molar-refractivity contribution is 5.26. The molecule has 2 heteroatoms. The number of benzene rings is 1. The second kappa shape index (κ2) is 8.34. The first-order valence-electron chi connectivity index (χ1n) is 7.51. The first-order chi connectivity index (χ1) is 9.13. The van der Waals surface area contributed by atoms with Gasteiger partial charge in [-0.3, -0.25) is 0 Å². The third-order valence-electron chi connectivity index (χ3n) is 3.53. The van der Waals surface area contributed by atoms with Crippen molar-refractivity contribution in [2.45, 2.75) is 52.7 Å². The largest absolute Gasteiger partial charge is 0.376 e. The van der Waals surface area contributed by atoms with Crippen molar-refractivity contribution in [1.82, 2.24) is 5.32 Å². The molecular weight excluding hydrogens is 234 g/mol. The molecule has 1 aromatic rings. The molecule has 1 N–H and O–H groups in total. The molecule has 2 atom stereocenters. The number of ether oxygens (including phenoxy) is 1. The monoisotopic (exact) mass is 263 g/mol. The van der Waals surface area contributed by atoms with Gasteiger partial charge in [0, 0.05) is 6.61 Å². The molecule has 0 radical (unpaired) electrons. The fourth-order valence-corrected chi connectivity index (χ4v) is 2.57. The van der Waals surface area contributed by atoms with Gasteiger partial charge in [-0.2, -0.15) is 0 Å². The lowest BCUT2D eigenvalue weighted by Crippen LogP contribution is -2.35. The van der Waals surface area contributed by atoms with Crippen molar-refractivity contribution in [3.63, 3.8) is 0 Å². The smallest absolute Gasteiger partial charge is 0.0792 e. The van der Waals surface area contributed by atoms with E-state index in [4.69, 9.17) is 4.74 Å². The summed E-state index contributed by atoms with van der Waals surface area (Å²) in [7, 11) is 2.01. The maximum Gasteiger partial charge on any atom is 0.0792 e. The molecular formula is C17H29NO. The van der Waals surface area contributed by atoms with Gasteiger partial charge in [0.2, 0.25) is 0 Å². The average molecular weight is 263 g/mol. The van der Waals surface area contributed by atoms with Crippen LogP contribution in [0.3, 0.4) is 0 Å². The highest BCUT2D eigenvalue weighted by Crippen LogP contribution is 2.25. The molecule has 0 aliphatic rings. The molecule has 0 saturated carbocycles. The normalized spacial score (nSPS) is 14.6. The summed E-state index contributed by atoms with van der Waals surface area (Å²) in [6, 6.07) is 9.22. The minimum absolute atomic E-state index is 0.215. The van der Waals surface area contributed by atoms with Crippen molar-refractivity contribution >= 4 is 0 Å². The van der Waals surface area contributed by atoms with Gasteiger partial charge in [-0.1, -0.05) is 51.5 Å². The van der Waals surface area contributed by atoms with Gasteiger partial charge in [0.05, 0.1) is 12.1 Å². The number of aryl methyl sites for hydroxylation is 1. The Morgan fingerprint density at radius 2 is 1.74 bits per heavy atom. The molecule has 1 aromatic carbocycles. The second-order valence-electron chi connectivity index (χ2n) is 5.42. The van der Waals surface area contributed by atoms with Crippen molar-refractivity contribution in [3.8, 4) is 0 Å². The Bertz CT molecular complexity index is 345. The van der Waals surface area contributed by atoms with Crippen molar-refractivity contribution in [2.75, 3.05) is 13.7 Å². The van der Waals surface area contributed by atoms with E-state index >= 15 is 0 Å². The maximum absolute atomic E-state index is 5.93. The zero-order chi connectivity index (χ0) is 14.3. The summed E-state index contributed by atoms with van der Waals surface area (Å²) in [4.78, 5) is 0. The Morgan fingerprint density at radius 3 is 2.16 bits per heavy atom. The molecule has 0 aliphatic heterocycles. The van der Waals surface area contributed by atoms with Gasteiger partial charge >= 0.3 is 0 Å². The third kappa shape index (κ3) is 4.63. The van der Waals surface area contributed by atoms with Gasteiger partial charge < -0.3 is 10.1 Å². The average Bonchev–Trinajstić information content (AvgIpc) is 2.40. The first kappa shape index (κ1) is 16.2. The summed E-state index contributed by atoms with van der Waals surface area (Å²) < 4.78 is 5.93. The van der Waals surface area contributed by atoms with Gasteiger partial charge in [0.15, 0.2) is 0 Å². The lowest BCUT2D eigenvalue weighted by atomic mass is 9.92. The summed E-state index contributed by atoms with van der Waals surface area (Å²) in [6.45, 7) is 9.47. The predicted molar refractivity (Wildman–Crippen MR) is 82.5 cm³/mol. The predicted octanol–water partition coefficient (Wildman–Crippen LogP) is 3.96. The minimum atomic E-state index is 0.215. The van der Waals surface area contributed by atoms with E-state index in [9.17, 15) is 0 Å². The van der Waals surface area contributed by atoms with Crippen molar-refractivity contribution in [2.24, 2.45) is 5.92 Å². The number of hydrogen-bond donors (Lipinski definition) is 1. The van der Waals surface area contributed by atoms with Crippen LogP contribution in [0, 0.1) is 5.92 Å². The molecule has 1 rings (SSSR count). The van der Waals surface area contributed by atoms with Gasteiger partial charge in [-0.15, -0.1) is 0 Å². The van der Waals surface area contributed by atoms with Gasteiger partial charge in [0.1, 0.15) is 0 Å². The van der Waals surface area contributed by atoms with Crippen LogP contribution >= 0.6 is 0 Å². The Kier molecular flexibility index (Phi) is 7.11. The van der Waals surface area contributed by atoms with E-state index in [0.717, 1.165) is 13.0 Å². The molecule has 19 heavy (non-hydrogen) atoms. The fourth-order valence-electron chi connectivity index (χ4n) is 2.57. The molecule has 0 heterocycles. The molecule has 108 valence electrons. The molecule has 0 aliphatic carbocycles. The topological polar surface area (TPSA) is 21.3 Å².